The van der Waals surface area contributed by atoms with E-state index in [1.54, 1.807) is 0 Å². The molecule has 114 valence electrons. The lowest BCUT2D eigenvalue weighted by Gasteiger charge is -2.26. The Morgan fingerprint density at radius 2 is 2.00 bits per heavy atom. The monoisotopic (exact) mass is 311 g/mol. The molecule has 0 atom stereocenters. The van der Waals surface area contributed by atoms with Crippen molar-refractivity contribution in [3.63, 3.8) is 0 Å². The van der Waals surface area contributed by atoms with E-state index in [9.17, 15) is 9.59 Å². The van der Waals surface area contributed by atoms with E-state index in [1.807, 2.05) is 4.90 Å². The molecule has 0 aliphatic carbocycles. The molecule has 1 aliphatic rings. The molecular weight excluding hydrogens is 294 g/mol. The Bertz CT molecular complexity index is 530. The van der Waals surface area contributed by atoms with Crippen molar-refractivity contribution in [3.05, 3.63) is 22.8 Å². The van der Waals surface area contributed by atoms with Crippen LogP contribution in [0.4, 0.5) is 5.82 Å². The zero-order valence-electron chi connectivity index (χ0n) is 11.6. The summed E-state index contributed by atoms with van der Waals surface area (Å²) in [5, 5.41) is 12.0. The van der Waals surface area contributed by atoms with Gasteiger partial charge < -0.3 is 15.3 Å². The number of halogens is 1. The molecule has 1 saturated heterocycles. The fourth-order valence-electron chi connectivity index (χ4n) is 2.31. The molecule has 1 aromatic rings. The first-order valence-electron chi connectivity index (χ1n) is 6.99. The highest BCUT2D eigenvalue weighted by molar-refractivity contribution is 6.29. The highest BCUT2D eigenvalue weighted by Gasteiger charge is 2.16. The fourth-order valence-corrected chi connectivity index (χ4v) is 2.52. The van der Waals surface area contributed by atoms with E-state index >= 15 is 0 Å². The highest BCUT2D eigenvalue weighted by Crippen LogP contribution is 2.15. The Balaban J connectivity index is 1.85. The van der Waals surface area contributed by atoms with Crippen LogP contribution in [0.25, 0.3) is 0 Å². The van der Waals surface area contributed by atoms with Crippen molar-refractivity contribution < 1.29 is 14.7 Å². The number of carbonyl (C=O) groups excluding carboxylic acids is 1. The maximum absolute atomic E-state index is 12.0. The summed E-state index contributed by atoms with van der Waals surface area (Å²) in [6.45, 7) is 2.07. The Hall–Kier alpha value is -1.82. The van der Waals surface area contributed by atoms with E-state index in [0.717, 1.165) is 25.9 Å². The number of amides is 1. The van der Waals surface area contributed by atoms with Crippen molar-refractivity contribution in [2.75, 3.05) is 25.0 Å². The van der Waals surface area contributed by atoms with Crippen LogP contribution < -0.4 is 5.32 Å². The number of rotatable bonds is 5. The first-order chi connectivity index (χ1) is 10.1. The fraction of sp³-hybridized carbons (Fsp3) is 0.500. The van der Waals surface area contributed by atoms with Gasteiger partial charge in [-0.25, -0.2) is 9.78 Å². The van der Waals surface area contributed by atoms with Crippen LogP contribution in [-0.4, -0.2) is 46.5 Å². The number of aromatic nitrogens is 1. The molecule has 6 nitrogen and oxygen atoms in total. The summed E-state index contributed by atoms with van der Waals surface area (Å²) >= 11 is 5.77. The van der Waals surface area contributed by atoms with Crippen LogP contribution in [0.3, 0.4) is 0 Å². The SMILES string of the molecule is O=C(O)c1cc(Cl)nc(NCCC(=O)N2CCCCC2)c1. The van der Waals surface area contributed by atoms with E-state index in [4.69, 9.17) is 16.7 Å². The topological polar surface area (TPSA) is 82.5 Å². The zero-order valence-corrected chi connectivity index (χ0v) is 12.4. The summed E-state index contributed by atoms with van der Waals surface area (Å²) in [4.78, 5) is 28.8. The zero-order chi connectivity index (χ0) is 15.2. The summed E-state index contributed by atoms with van der Waals surface area (Å²) in [5.41, 5.74) is 0.0693. The number of aromatic carboxylic acids is 1. The van der Waals surface area contributed by atoms with E-state index < -0.39 is 5.97 Å². The molecule has 0 radical (unpaired) electrons. The normalized spacial score (nSPS) is 14.8. The molecule has 1 amide bonds. The van der Waals surface area contributed by atoms with Gasteiger partial charge in [0.05, 0.1) is 5.56 Å². The molecule has 21 heavy (non-hydrogen) atoms. The number of hydrogen-bond donors (Lipinski definition) is 2. The Morgan fingerprint density at radius 3 is 2.67 bits per heavy atom. The Kier molecular flexibility index (Phi) is 5.38. The molecule has 0 saturated carbocycles. The smallest absolute Gasteiger partial charge is 0.335 e. The molecule has 1 aliphatic heterocycles. The van der Waals surface area contributed by atoms with Gasteiger partial charge in [-0.1, -0.05) is 11.6 Å². The van der Waals surface area contributed by atoms with Gasteiger partial charge in [0.1, 0.15) is 11.0 Å². The van der Waals surface area contributed by atoms with Gasteiger partial charge in [0.15, 0.2) is 0 Å². The number of nitrogens with zero attached hydrogens (tertiary/aromatic N) is 2. The van der Waals surface area contributed by atoms with Crippen molar-refractivity contribution in [2.24, 2.45) is 0 Å². The Labute approximate surface area is 128 Å². The number of piperidine rings is 1. The molecule has 0 unspecified atom stereocenters. The first kappa shape index (κ1) is 15.6. The van der Waals surface area contributed by atoms with Crippen LogP contribution in [-0.2, 0) is 4.79 Å². The van der Waals surface area contributed by atoms with Gasteiger partial charge in [-0.15, -0.1) is 0 Å². The number of pyridine rings is 1. The van der Waals surface area contributed by atoms with Gasteiger partial charge in [-0.3, -0.25) is 4.79 Å². The van der Waals surface area contributed by atoms with Crippen molar-refractivity contribution in [1.29, 1.82) is 0 Å². The quantitative estimate of drug-likeness (QED) is 0.815. The van der Waals surface area contributed by atoms with Crippen molar-refractivity contribution in [2.45, 2.75) is 25.7 Å². The molecule has 0 aromatic carbocycles. The number of anilines is 1. The third-order valence-electron chi connectivity index (χ3n) is 3.39. The molecular formula is C14H18ClN3O3. The lowest BCUT2D eigenvalue weighted by Crippen LogP contribution is -2.36. The number of likely N-dealkylation sites (tertiary alicyclic amines) is 1. The van der Waals surface area contributed by atoms with Gasteiger partial charge in [-0.2, -0.15) is 0 Å². The maximum Gasteiger partial charge on any atom is 0.335 e. The van der Waals surface area contributed by atoms with Crippen molar-refractivity contribution in [1.82, 2.24) is 9.88 Å². The number of carbonyl (C=O) groups is 2. The van der Waals surface area contributed by atoms with Gasteiger partial charge in [0, 0.05) is 26.1 Å². The number of nitrogens with one attached hydrogen (secondary N) is 1. The molecule has 2 rings (SSSR count). The average Bonchev–Trinajstić information content (AvgIpc) is 2.47. The molecule has 7 heteroatoms. The second-order valence-electron chi connectivity index (χ2n) is 4.99. The van der Waals surface area contributed by atoms with Crippen LogP contribution in [0.2, 0.25) is 5.15 Å². The van der Waals surface area contributed by atoms with E-state index in [2.05, 4.69) is 10.3 Å². The summed E-state index contributed by atoms with van der Waals surface area (Å²) in [5.74, 6) is -0.583. The second kappa shape index (κ2) is 7.26. The summed E-state index contributed by atoms with van der Waals surface area (Å²) < 4.78 is 0. The summed E-state index contributed by atoms with van der Waals surface area (Å²) in [6.07, 6.45) is 3.68. The standard InChI is InChI=1S/C14H18ClN3O3/c15-11-8-10(14(20)21)9-12(17-11)16-5-4-13(19)18-6-2-1-3-7-18/h8-9H,1-7H2,(H,16,17)(H,20,21). The Morgan fingerprint density at radius 1 is 1.29 bits per heavy atom. The molecule has 2 heterocycles. The van der Waals surface area contributed by atoms with E-state index in [1.165, 1.54) is 18.6 Å². The van der Waals surface area contributed by atoms with E-state index in [-0.39, 0.29) is 16.6 Å². The van der Waals surface area contributed by atoms with Crippen LogP contribution in [0.1, 0.15) is 36.0 Å². The van der Waals surface area contributed by atoms with Gasteiger partial charge >= 0.3 is 5.97 Å². The lowest BCUT2D eigenvalue weighted by atomic mass is 10.1. The average molecular weight is 312 g/mol. The molecule has 2 N–H and O–H groups in total. The van der Waals surface area contributed by atoms with Crippen molar-refractivity contribution >= 4 is 29.3 Å². The summed E-state index contributed by atoms with van der Waals surface area (Å²) in [7, 11) is 0. The van der Waals surface area contributed by atoms with Gasteiger partial charge in [0.25, 0.3) is 0 Å². The minimum atomic E-state index is -1.06. The summed E-state index contributed by atoms with van der Waals surface area (Å²) in [6, 6.07) is 2.69. The largest absolute Gasteiger partial charge is 0.478 e. The molecule has 1 aromatic heterocycles. The second-order valence-corrected chi connectivity index (χ2v) is 5.37. The maximum atomic E-state index is 12.0. The minimum Gasteiger partial charge on any atom is -0.478 e. The third-order valence-corrected chi connectivity index (χ3v) is 3.59. The van der Waals surface area contributed by atoms with Crippen molar-refractivity contribution in [3.8, 4) is 0 Å². The van der Waals surface area contributed by atoms with Crippen LogP contribution in [0.15, 0.2) is 12.1 Å². The third kappa shape index (κ3) is 4.60. The highest BCUT2D eigenvalue weighted by atomic mass is 35.5. The minimum absolute atomic E-state index is 0.0693. The van der Waals surface area contributed by atoms with Crippen LogP contribution in [0.5, 0.6) is 0 Å². The molecule has 1 fully saturated rings. The van der Waals surface area contributed by atoms with Gasteiger partial charge in [-0.05, 0) is 31.4 Å². The predicted molar refractivity (Wildman–Crippen MR) is 79.7 cm³/mol. The predicted octanol–water partition coefficient (Wildman–Crippen LogP) is 2.25. The van der Waals surface area contributed by atoms with Gasteiger partial charge in [0.2, 0.25) is 5.91 Å². The lowest BCUT2D eigenvalue weighted by molar-refractivity contribution is -0.131. The molecule has 0 spiro atoms. The first-order valence-corrected chi connectivity index (χ1v) is 7.36. The number of carboxylic acids is 1. The van der Waals surface area contributed by atoms with Crippen LogP contribution in [0, 0.1) is 0 Å². The van der Waals surface area contributed by atoms with Crippen LogP contribution >= 0.6 is 11.6 Å². The number of hydrogen-bond acceptors (Lipinski definition) is 4. The number of carboxylic acid groups (broad SMARTS) is 1. The molecule has 0 bridgehead atoms. The van der Waals surface area contributed by atoms with E-state index in [0.29, 0.717) is 18.8 Å².